The number of imide groups is 1. The smallest absolute Gasteiger partial charge is 0.420 e. The van der Waals surface area contributed by atoms with Gasteiger partial charge in [-0.2, -0.15) is 0 Å². The average molecular weight is 410 g/mol. The molecular weight excluding hydrogens is 380 g/mol. The van der Waals surface area contributed by atoms with E-state index in [1.54, 1.807) is 45.9 Å². The lowest BCUT2D eigenvalue weighted by Crippen LogP contribution is -2.57. The second-order valence-corrected chi connectivity index (χ2v) is 7.62. The molecular formula is C20H30N2O7. The molecule has 3 atom stereocenters. The third-order valence-corrected chi connectivity index (χ3v) is 4.02. The number of amides is 3. The van der Waals surface area contributed by atoms with Crippen LogP contribution in [0.25, 0.3) is 0 Å². The normalized spacial score (nSPS) is 21.0. The van der Waals surface area contributed by atoms with Gasteiger partial charge in [0.25, 0.3) is 0 Å². The molecule has 0 spiro atoms. The Kier molecular flexibility index (Phi) is 8.87. The molecule has 0 saturated carbocycles. The minimum atomic E-state index is -0.935. The minimum absolute atomic E-state index is 0.139. The van der Waals surface area contributed by atoms with E-state index in [9.17, 15) is 19.2 Å². The Morgan fingerprint density at radius 1 is 1.31 bits per heavy atom. The Labute approximate surface area is 171 Å². The van der Waals surface area contributed by atoms with E-state index in [1.807, 2.05) is 6.92 Å². The summed E-state index contributed by atoms with van der Waals surface area (Å²) >= 11 is 0. The Hall–Kier alpha value is -2.84. The Bertz CT molecular complexity index is 679. The maximum atomic E-state index is 12.5. The van der Waals surface area contributed by atoms with Gasteiger partial charge >= 0.3 is 18.2 Å². The largest absolute Gasteiger partial charge is 0.469 e. The lowest BCUT2D eigenvalue weighted by atomic mass is 9.98. The molecule has 0 aromatic carbocycles. The Morgan fingerprint density at radius 2 is 1.97 bits per heavy atom. The Morgan fingerprint density at radius 3 is 2.52 bits per heavy atom. The standard InChI is InChI=1S/C20H30N2O7/c1-7-8-9-10-16(23)21-13(2)15-11-14(12-17(24)27-6)22(18(25)28-15)19(26)29-20(3,4)5/h7-10,13-15H,11-12H2,1-6H3,(H,21,23)/b8-7+,10-9+/t13-,14-,15-/m1/s1. The first-order valence-corrected chi connectivity index (χ1v) is 9.38. The predicted molar refractivity (Wildman–Crippen MR) is 105 cm³/mol. The summed E-state index contributed by atoms with van der Waals surface area (Å²) in [6, 6.07) is -1.36. The molecule has 0 unspecified atom stereocenters. The van der Waals surface area contributed by atoms with Crippen LogP contribution in [0.2, 0.25) is 0 Å². The van der Waals surface area contributed by atoms with E-state index >= 15 is 0 Å². The summed E-state index contributed by atoms with van der Waals surface area (Å²) in [5.74, 6) is -0.936. The Balaban J connectivity index is 2.94. The number of ether oxygens (including phenoxy) is 3. The summed E-state index contributed by atoms with van der Waals surface area (Å²) in [6.45, 7) is 8.49. The molecule has 0 radical (unpaired) electrons. The molecule has 162 valence electrons. The van der Waals surface area contributed by atoms with Gasteiger partial charge in [-0.3, -0.25) is 9.59 Å². The van der Waals surface area contributed by atoms with Crippen LogP contribution in [0.5, 0.6) is 0 Å². The molecule has 9 heteroatoms. The van der Waals surface area contributed by atoms with Crippen molar-refractivity contribution in [2.75, 3.05) is 7.11 Å². The second-order valence-electron chi connectivity index (χ2n) is 7.62. The molecule has 0 aliphatic carbocycles. The molecule has 29 heavy (non-hydrogen) atoms. The first kappa shape index (κ1) is 24.2. The highest BCUT2D eigenvalue weighted by atomic mass is 16.6. The quantitative estimate of drug-likeness (QED) is 0.310. The van der Waals surface area contributed by atoms with Gasteiger partial charge in [-0.1, -0.05) is 18.2 Å². The molecule has 1 rings (SSSR count). The van der Waals surface area contributed by atoms with E-state index < -0.39 is 41.9 Å². The van der Waals surface area contributed by atoms with Crippen LogP contribution in [0.3, 0.4) is 0 Å². The van der Waals surface area contributed by atoms with Crippen molar-refractivity contribution < 1.29 is 33.4 Å². The maximum absolute atomic E-state index is 12.5. The van der Waals surface area contributed by atoms with E-state index in [-0.39, 0.29) is 18.7 Å². The third kappa shape index (κ3) is 7.97. The fourth-order valence-electron chi connectivity index (χ4n) is 2.67. The first-order valence-electron chi connectivity index (χ1n) is 9.38. The van der Waals surface area contributed by atoms with Crippen molar-refractivity contribution >= 4 is 24.1 Å². The van der Waals surface area contributed by atoms with Crippen LogP contribution in [0, 0.1) is 0 Å². The van der Waals surface area contributed by atoms with Gasteiger partial charge in [0.2, 0.25) is 5.91 Å². The number of carbonyl (C=O) groups excluding carboxylic acids is 4. The van der Waals surface area contributed by atoms with Crippen molar-refractivity contribution in [3.63, 3.8) is 0 Å². The number of methoxy groups -OCH3 is 1. The van der Waals surface area contributed by atoms with E-state index in [0.29, 0.717) is 0 Å². The second kappa shape index (κ2) is 10.6. The van der Waals surface area contributed by atoms with Crippen molar-refractivity contribution in [3.8, 4) is 0 Å². The van der Waals surface area contributed by atoms with E-state index in [1.165, 1.54) is 13.2 Å². The topological polar surface area (TPSA) is 111 Å². The van der Waals surface area contributed by atoms with E-state index in [2.05, 4.69) is 10.1 Å². The molecule has 1 saturated heterocycles. The number of nitrogens with zero attached hydrogens (tertiary/aromatic N) is 1. The minimum Gasteiger partial charge on any atom is -0.469 e. The number of esters is 1. The molecule has 1 N–H and O–H groups in total. The van der Waals surface area contributed by atoms with Crippen molar-refractivity contribution in [2.24, 2.45) is 0 Å². The SMILES string of the molecule is C/C=C/C=C/C(=O)N[C@H](C)[C@H]1C[C@H](CC(=O)OC)N(C(=O)OC(C)(C)C)C(=O)O1. The number of hydrogen-bond acceptors (Lipinski definition) is 7. The van der Waals surface area contributed by atoms with Crippen LogP contribution in [0.4, 0.5) is 9.59 Å². The van der Waals surface area contributed by atoms with Gasteiger partial charge in [-0.25, -0.2) is 14.5 Å². The number of hydrogen-bond donors (Lipinski definition) is 1. The number of cyclic esters (lactones) is 1. The zero-order valence-electron chi connectivity index (χ0n) is 17.8. The molecule has 9 nitrogen and oxygen atoms in total. The van der Waals surface area contributed by atoms with Crippen LogP contribution in [-0.4, -0.2) is 59.9 Å². The zero-order valence-corrected chi connectivity index (χ0v) is 17.8. The molecule has 0 aromatic heterocycles. The molecule has 3 amide bonds. The first-order chi connectivity index (χ1) is 13.5. The van der Waals surface area contributed by atoms with Crippen LogP contribution in [0.1, 0.15) is 47.5 Å². The molecule has 1 aliphatic heterocycles. The fourth-order valence-corrected chi connectivity index (χ4v) is 2.67. The van der Waals surface area contributed by atoms with Crippen LogP contribution in [-0.2, 0) is 23.8 Å². The van der Waals surface area contributed by atoms with Crippen LogP contribution in [0.15, 0.2) is 24.3 Å². The lowest BCUT2D eigenvalue weighted by Gasteiger charge is -2.39. The highest BCUT2D eigenvalue weighted by Crippen LogP contribution is 2.26. The molecule has 1 fully saturated rings. The van der Waals surface area contributed by atoms with Gasteiger partial charge in [-0.15, -0.1) is 0 Å². The van der Waals surface area contributed by atoms with Crippen molar-refractivity contribution in [2.45, 2.75) is 71.2 Å². The maximum Gasteiger partial charge on any atom is 0.420 e. The van der Waals surface area contributed by atoms with Gasteiger partial charge < -0.3 is 19.5 Å². The van der Waals surface area contributed by atoms with Crippen molar-refractivity contribution in [3.05, 3.63) is 24.3 Å². The zero-order chi connectivity index (χ0) is 22.2. The number of nitrogens with one attached hydrogen (secondary N) is 1. The fraction of sp³-hybridized carbons (Fsp3) is 0.600. The van der Waals surface area contributed by atoms with E-state index in [0.717, 1.165) is 4.90 Å². The van der Waals surface area contributed by atoms with Gasteiger partial charge in [0.15, 0.2) is 0 Å². The number of rotatable bonds is 6. The van der Waals surface area contributed by atoms with Crippen molar-refractivity contribution in [1.29, 1.82) is 0 Å². The summed E-state index contributed by atoms with van der Waals surface area (Å²) in [7, 11) is 1.22. The highest BCUT2D eigenvalue weighted by Gasteiger charge is 2.44. The van der Waals surface area contributed by atoms with Crippen LogP contribution < -0.4 is 5.32 Å². The molecule has 1 heterocycles. The predicted octanol–water partition coefficient (Wildman–Crippen LogP) is 2.70. The highest BCUT2D eigenvalue weighted by molar-refractivity contribution is 5.90. The van der Waals surface area contributed by atoms with Gasteiger partial charge in [0.1, 0.15) is 11.7 Å². The van der Waals surface area contributed by atoms with Gasteiger partial charge in [0, 0.05) is 12.5 Å². The summed E-state index contributed by atoms with van der Waals surface area (Å²) in [5, 5.41) is 2.71. The number of carbonyl (C=O) groups is 4. The summed E-state index contributed by atoms with van der Waals surface area (Å²) in [5.41, 5.74) is -0.829. The lowest BCUT2D eigenvalue weighted by molar-refractivity contribution is -0.142. The summed E-state index contributed by atoms with van der Waals surface area (Å²) in [6.07, 6.45) is 3.78. The summed E-state index contributed by atoms with van der Waals surface area (Å²) < 4.78 is 15.3. The van der Waals surface area contributed by atoms with Gasteiger partial charge in [0.05, 0.1) is 25.6 Å². The molecule has 1 aliphatic rings. The molecule has 0 aromatic rings. The average Bonchev–Trinajstić information content (AvgIpc) is 2.59. The van der Waals surface area contributed by atoms with Crippen molar-refractivity contribution in [1.82, 2.24) is 10.2 Å². The monoisotopic (exact) mass is 410 g/mol. The van der Waals surface area contributed by atoms with Crippen LogP contribution >= 0.6 is 0 Å². The number of allylic oxidation sites excluding steroid dienone is 3. The van der Waals surface area contributed by atoms with E-state index in [4.69, 9.17) is 9.47 Å². The summed E-state index contributed by atoms with van der Waals surface area (Å²) in [4.78, 5) is 49.5. The third-order valence-electron chi connectivity index (χ3n) is 4.02. The van der Waals surface area contributed by atoms with Gasteiger partial charge in [-0.05, 0) is 34.6 Å². The molecule has 0 bridgehead atoms.